The van der Waals surface area contributed by atoms with Crippen LogP contribution in [-0.2, 0) is 6.42 Å². The lowest BCUT2D eigenvalue weighted by Crippen LogP contribution is -2.11. The van der Waals surface area contributed by atoms with Gasteiger partial charge in [0.2, 0.25) is 0 Å². The summed E-state index contributed by atoms with van der Waals surface area (Å²) in [6.07, 6.45) is 0.605. The zero-order valence-electron chi connectivity index (χ0n) is 13.5. The third kappa shape index (κ3) is 4.71. The fourth-order valence-corrected chi connectivity index (χ4v) is 2.82. The monoisotopic (exact) mass is 338 g/mol. The fraction of sp³-hybridized carbons (Fsp3) is 0.444. The third-order valence-electron chi connectivity index (χ3n) is 3.91. The first-order chi connectivity index (χ1) is 11.0. The predicted molar refractivity (Wildman–Crippen MR) is 90.4 cm³/mol. The number of alkyl halides is 2. The van der Waals surface area contributed by atoms with E-state index in [1.807, 2.05) is 38.1 Å². The maximum absolute atomic E-state index is 14.3. The van der Waals surface area contributed by atoms with Crippen molar-refractivity contribution in [3.8, 4) is 11.1 Å². The molecule has 0 aliphatic heterocycles. The molecule has 2 aromatic rings. The number of nitrogens with zero attached hydrogens (tertiary/aromatic N) is 2. The average Bonchev–Trinajstić information content (AvgIpc) is 2.53. The van der Waals surface area contributed by atoms with Gasteiger partial charge in [-0.1, -0.05) is 23.7 Å². The Kier molecular flexibility index (Phi) is 6.46. The summed E-state index contributed by atoms with van der Waals surface area (Å²) < 4.78 is 26.4. The first-order valence-corrected chi connectivity index (χ1v) is 8.19. The average molecular weight is 339 g/mol. The van der Waals surface area contributed by atoms with Crippen LogP contribution in [0.25, 0.3) is 11.1 Å². The Morgan fingerprint density at radius 3 is 2.35 bits per heavy atom. The molecule has 0 fully saturated rings. The van der Waals surface area contributed by atoms with Crippen LogP contribution in [0.2, 0.25) is 5.02 Å². The topological polar surface area (TPSA) is 25.8 Å². The summed E-state index contributed by atoms with van der Waals surface area (Å²) in [5, 5.41) is 8.95. The normalized spacial score (nSPS) is 12.4. The number of aryl methyl sites for hydroxylation is 2. The molecule has 0 amide bonds. The second kappa shape index (κ2) is 8.34. The van der Waals surface area contributed by atoms with E-state index in [4.69, 9.17) is 11.6 Å². The molecular weight excluding hydrogens is 318 g/mol. The summed E-state index contributed by atoms with van der Waals surface area (Å²) in [5.41, 5.74) is 4.24. The summed E-state index contributed by atoms with van der Waals surface area (Å²) in [5.74, 6) is 0. The number of halogens is 3. The number of unbranched alkanes of at least 4 members (excludes halogenated alkanes) is 1. The molecule has 23 heavy (non-hydrogen) atoms. The van der Waals surface area contributed by atoms with Crippen LogP contribution < -0.4 is 0 Å². The molecule has 2 nitrogen and oxygen atoms in total. The molecule has 1 aromatic heterocycles. The Morgan fingerprint density at radius 1 is 1.04 bits per heavy atom. The highest BCUT2D eigenvalue weighted by Gasteiger charge is 2.18. The maximum atomic E-state index is 14.3. The first-order valence-electron chi connectivity index (χ1n) is 7.81. The van der Waals surface area contributed by atoms with Gasteiger partial charge in [0.1, 0.15) is 6.17 Å². The predicted octanol–water partition coefficient (Wildman–Crippen LogP) is 5.43. The summed E-state index contributed by atoms with van der Waals surface area (Å²) in [6, 6.07) is 7.44. The van der Waals surface area contributed by atoms with Gasteiger partial charge in [0.25, 0.3) is 0 Å². The minimum Gasteiger partial charge on any atom is -0.251 e. The molecule has 0 saturated carbocycles. The van der Waals surface area contributed by atoms with Crippen molar-refractivity contribution in [2.75, 3.05) is 6.67 Å². The van der Waals surface area contributed by atoms with Gasteiger partial charge in [-0.15, -0.1) is 0 Å². The first kappa shape index (κ1) is 17.8. The number of benzene rings is 1. The van der Waals surface area contributed by atoms with Gasteiger partial charge in [-0.3, -0.25) is 4.39 Å². The van der Waals surface area contributed by atoms with Crippen molar-refractivity contribution < 1.29 is 8.78 Å². The highest BCUT2D eigenvalue weighted by molar-refractivity contribution is 6.30. The van der Waals surface area contributed by atoms with Gasteiger partial charge in [0, 0.05) is 17.0 Å². The third-order valence-corrected chi connectivity index (χ3v) is 4.16. The summed E-state index contributed by atoms with van der Waals surface area (Å²) in [6.45, 7) is 3.32. The van der Waals surface area contributed by atoms with E-state index in [2.05, 4.69) is 10.2 Å². The minimum absolute atomic E-state index is 0.270. The molecule has 0 radical (unpaired) electrons. The number of hydrogen-bond donors (Lipinski definition) is 0. The highest BCUT2D eigenvalue weighted by atomic mass is 35.5. The molecule has 1 unspecified atom stereocenters. The van der Waals surface area contributed by atoms with Gasteiger partial charge in [-0.2, -0.15) is 10.2 Å². The van der Waals surface area contributed by atoms with E-state index in [1.165, 1.54) is 0 Å². The second-order valence-electron chi connectivity index (χ2n) is 5.72. The Morgan fingerprint density at radius 2 is 1.70 bits per heavy atom. The standard InChI is InChI=1S/C18H21ClF2N2/c1-12-17(11-16(21)5-3-4-10-20)18(13(2)23-22-12)14-6-8-15(19)9-7-14/h6-9,16H,3-5,10-11H2,1-2H3. The van der Waals surface area contributed by atoms with Gasteiger partial charge in [0.05, 0.1) is 18.1 Å². The fourth-order valence-electron chi connectivity index (χ4n) is 2.69. The van der Waals surface area contributed by atoms with Crippen molar-refractivity contribution in [2.45, 2.75) is 45.7 Å². The smallest absolute Gasteiger partial charge is 0.104 e. The molecule has 1 atom stereocenters. The molecule has 124 valence electrons. The molecule has 0 aliphatic carbocycles. The van der Waals surface area contributed by atoms with Crippen LogP contribution in [-0.4, -0.2) is 23.0 Å². The van der Waals surface area contributed by atoms with Crippen LogP contribution in [0.3, 0.4) is 0 Å². The maximum Gasteiger partial charge on any atom is 0.104 e. The molecule has 1 aromatic carbocycles. The Balaban J connectivity index is 2.31. The molecule has 0 spiro atoms. The number of rotatable bonds is 7. The summed E-state index contributed by atoms with van der Waals surface area (Å²) >= 11 is 5.95. The van der Waals surface area contributed by atoms with Crippen LogP contribution in [0, 0.1) is 13.8 Å². The van der Waals surface area contributed by atoms with Gasteiger partial charge >= 0.3 is 0 Å². The number of hydrogen-bond acceptors (Lipinski definition) is 2. The summed E-state index contributed by atoms with van der Waals surface area (Å²) in [7, 11) is 0. The molecule has 0 N–H and O–H groups in total. The molecule has 5 heteroatoms. The van der Waals surface area contributed by atoms with Crippen molar-refractivity contribution >= 4 is 11.6 Å². The quantitative estimate of drug-likeness (QED) is 0.629. The van der Waals surface area contributed by atoms with E-state index in [-0.39, 0.29) is 6.42 Å². The molecule has 1 heterocycles. The molecule has 0 aliphatic rings. The molecule has 2 rings (SSSR count). The van der Waals surface area contributed by atoms with E-state index in [9.17, 15) is 8.78 Å². The second-order valence-corrected chi connectivity index (χ2v) is 6.15. The Labute approximate surface area is 140 Å². The molecular formula is C18H21ClF2N2. The largest absolute Gasteiger partial charge is 0.251 e. The zero-order chi connectivity index (χ0) is 16.8. The van der Waals surface area contributed by atoms with Gasteiger partial charge in [-0.25, -0.2) is 4.39 Å². The van der Waals surface area contributed by atoms with E-state index < -0.39 is 12.8 Å². The van der Waals surface area contributed by atoms with Crippen molar-refractivity contribution in [1.82, 2.24) is 10.2 Å². The number of aromatic nitrogens is 2. The van der Waals surface area contributed by atoms with E-state index in [0.717, 1.165) is 28.1 Å². The van der Waals surface area contributed by atoms with Crippen LogP contribution in [0.15, 0.2) is 24.3 Å². The van der Waals surface area contributed by atoms with Crippen molar-refractivity contribution in [3.63, 3.8) is 0 Å². The lowest BCUT2D eigenvalue weighted by atomic mass is 9.93. The van der Waals surface area contributed by atoms with Crippen LogP contribution in [0.1, 0.15) is 36.2 Å². The van der Waals surface area contributed by atoms with Crippen LogP contribution in [0.4, 0.5) is 8.78 Å². The van der Waals surface area contributed by atoms with Crippen molar-refractivity contribution in [1.29, 1.82) is 0 Å². The van der Waals surface area contributed by atoms with Gasteiger partial charge in [0.15, 0.2) is 0 Å². The molecule has 0 saturated heterocycles. The zero-order valence-corrected chi connectivity index (χ0v) is 14.2. The van der Waals surface area contributed by atoms with E-state index in [1.54, 1.807) is 0 Å². The molecule has 0 bridgehead atoms. The Hall–Kier alpha value is -1.55. The van der Waals surface area contributed by atoms with E-state index in [0.29, 0.717) is 24.3 Å². The highest BCUT2D eigenvalue weighted by Crippen LogP contribution is 2.30. The van der Waals surface area contributed by atoms with E-state index >= 15 is 0 Å². The van der Waals surface area contributed by atoms with Crippen molar-refractivity contribution in [2.24, 2.45) is 0 Å². The van der Waals surface area contributed by atoms with Crippen LogP contribution in [0.5, 0.6) is 0 Å². The van der Waals surface area contributed by atoms with Crippen molar-refractivity contribution in [3.05, 3.63) is 46.2 Å². The Bertz CT molecular complexity index is 644. The minimum atomic E-state index is -1.00. The summed E-state index contributed by atoms with van der Waals surface area (Å²) in [4.78, 5) is 0. The van der Waals surface area contributed by atoms with Gasteiger partial charge < -0.3 is 0 Å². The van der Waals surface area contributed by atoms with Crippen LogP contribution >= 0.6 is 11.6 Å². The van der Waals surface area contributed by atoms with Gasteiger partial charge in [-0.05, 0) is 56.4 Å². The lowest BCUT2D eigenvalue weighted by Gasteiger charge is -2.16. The lowest BCUT2D eigenvalue weighted by molar-refractivity contribution is 0.298. The SMILES string of the molecule is Cc1nnc(C)c(-c2ccc(Cl)cc2)c1CC(F)CCCCF.